The maximum atomic E-state index is 10.9. The van der Waals surface area contributed by atoms with E-state index < -0.39 is 10.0 Å². The maximum absolute atomic E-state index is 10.9. The lowest BCUT2D eigenvalue weighted by molar-refractivity contribution is 0.556. The van der Waals surface area contributed by atoms with Crippen molar-refractivity contribution in [2.45, 2.75) is 6.54 Å². The molecule has 0 fully saturated rings. The van der Waals surface area contributed by atoms with Crippen molar-refractivity contribution in [2.24, 2.45) is 0 Å². The van der Waals surface area contributed by atoms with E-state index >= 15 is 0 Å². The fourth-order valence-electron chi connectivity index (χ4n) is 0.706. The molecule has 8 heteroatoms. The van der Waals surface area contributed by atoms with E-state index in [0.717, 1.165) is 0 Å². The topological polar surface area (TPSA) is 76.9 Å². The maximum Gasteiger partial charge on any atom is 0.221 e. The number of rotatable bonds is 5. The second-order valence-electron chi connectivity index (χ2n) is 2.28. The normalized spacial score (nSPS) is 11.8. The highest BCUT2D eigenvalue weighted by molar-refractivity contribution is 9.10. The van der Waals surface area contributed by atoms with Crippen LogP contribution in [0.15, 0.2) is 12.4 Å². The number of halogens is 1. The van der Waals surface area contributed by atoms with Crippen molar-refractivity contribution in [1.29, 1.82) is 0 Å². The number of alkyl halides is 1. The third kappa shape index (κ3) is 3.83. The largest absolute Gasteiger partial charge is 0.251 e. The SMILES string of the molecule is O=S(=O)(CBr)NCCn1ccnn1. The summed E-state index contributed by atoms with van der Waals surface area (Å²) in [6.07, 6.45) is 3.21. The lowest BCUT2D eigenvalue weighted by atomic mass is 10.6. The van der Waals surface area contributed by atoms with Gasteiger partial charge < -0.3 is 0 Å². The van der Waals surface area contributed by atoms with Crippen LogP contribution in [-0.4, -0.2) is 34.6 Å². The van der Waals surface area contributed by atoms with Crippen LogP contribution in [0.4, 0.5) is 0 Å². The molecule has 0 saturated heterocycles. The van der Waals surface area contributed by atoms with Crippen molar-refractivity contribution >= 4 is 26.0 Å². The minimum Gasteiger partial charge on any atom is -0.251 e. The van der Waals surface area contributed by atoms with Gasteiger partial charge in [0.05, 0.1) is 12.7 Å². The highest BCUT2D eigenvalue weighted by Crippen LogP contribution is 1.90. The summed E-state index contributed by atoms with van der Waals surface area (Å²) in [5.41, 5.74) is 0. The van der Waals surface area contributed by atoms with Crippen molar-refractivity contribution in [1.82, 2.24) is 19.7 Å². The molecule has 0 aromatic carbocycles. The number of hydrogen-bond donors (Lipinski definition) is 1. The molecule has 0 saturated carbocycles. The molecule has 0 amide bonds. The van der Waals surface area contributed by atoms with Gasteiger partial charge in [-0.25, -0.2) is 13.1 Å². The molecule has 6 nitrogen and oxygen atoms in total. The summed E-state index contributed by atoms with van der Waals surface area (Å²) in [5, 5.41) is 7.27. The average molecular weight is 269 g/mol. The van der Waals surface area contributed by atoms with Gasteiger partial charge in [-0.3, -0.25) is 4.68 Å². The van der Waals surface area contributed by atoms with Crippen LogP contribution >= 0.6 is 15.9 Å². The van der Waals surface area contributed by atoms with Crippen molar-refractivity contribution in [3.63, 3.8) is 0 Å². The molecule has 0 aliphatic heterocycles. The predicted octanol–water partition coefficient (Wildman–Crippen LogP) is -0.450. The Kier molecular flexibility index (Phi) is 3.82. The smallest absolute Gasteiger partial charge is 0.221 e. The molecule has 1 aromatic rings. The molecule has 0 spiro atoms. The highest BCUT2D eigenvalue weighted by atomic mass is 79.9. The van der Waals surface area contributed by atoms with Crippen LogP contribution in [0.1, 0.15) is 0 Å². The van der Waals surface area contributed by atoms with Gasteiger partial charge in [0.15, 0.2) is 0 Å². The van der Waals surface area contributed by atoms with Crippen LogP contribution in [0.2, 0.25) is 0 Å². The van der Waals surface area contributed by atoms with Gasteiger partial charge in [0.25, 0.3) is 0 Å². The minimum absolute atomic E-state index is 0.0860. The number of hydrogen-bond acceptors (Lipinski definition) is 4. The average Bonchev–Trinajstić information content (AvgIpc) is 2.57. The first-order chi connectivity index (χ1) is 6.14. The van der Waals surface area contributed by atoms with E-state index in [1.165, 1.54) is 0 Å². The number of nitrogens with zero attached hydrogens (tertiary/aromatic N) is 3. The van der Waals surface area contributed by atoms with Crippen LogP contribution in [0.5, 0.6) is 0 Å². The number of sulfonamides is 1. The summed E-state index contributed by atoms with van der Waals surface area (Å²) in [4.78, 5) is 0. The van der Waals surface area contributed by atoms with Crippen molar-refractivity contribution in [2.75, 3.05) is 11.2 Å². The molecule has 74 valence electrons. The Balaban J connectivity index is 2.30. The first kappa shape index (κ1) is 10.6. The summed E-state index contributed by atoms with van der Waals surface area (Å²) < 4.78 is 25.7. The summed E-state index contributed by atoms with van der Waals surface area (Å²) in [6, 6.07) is 0. The Morgan fingerprint density at radius 2 is 2.31 bits per heavy atom. The molecule has 0 bridgehead atoms. The fourth-order valence-corrected chi connectivity index (χ4v) is 1.67. The highest BCUT2D eigenvalue weighted by Gasteiger charge is 2.05. The van der Waals surface area contributed by atoms with E-state index in [0.29, 0.717) is 13.1 Å². The molecular formula is C5H9BrN4O2S. The van der Waals surface area contributed by atoms with E-state index in [-0.39, 0.29) is 4.66 Å². The van der Waals surface area contributed by atoms with E-state index in [9.17, 15) is 8.42 Å². The molecule has 0 unspecified atom stereocenters. The lowest BCUT2D eigenvalue weighted by Crippen LogP contribution is -2.28. The Hall–Kier alpha value is -0.470. The quantitative estimate of drug-likeness (QED) is 0.734. The van der Waals surface area contributed by atoms with E-state index in [1.807, 2.05) is 0 Å². The van der Waals surface area contributed by atoms with E-state index in [1.54, 1.807) is 17.1 Å². The first-order valence-electron chi connectivity index (χ1n) is 3.51. The molecule has 1 N–H and O–H groups in total. The molecule has 1 rings (SSSR count). The van der Waals surface area contributed by atoms with Crippen LogP contribution in [0.3, 0.4) is 0 Å². The van der Waals surface area contributed by atoms with Gasteiger partial charge in [-0.1, -0.05) is 21.1 Å². The lowest BCUT2D eigenvalue weighted by Gasteiger charge is -2.02. The van der Waals surface area contributed by atoms with Gasteiger partial charge in [0.1, 0.15) is 4.66 Å². The van der Waals surface area contributed by atoms with Crippen LogP contribution in [0.25, 0.3) is 0 Å². The van der Waals surface area contributed by atoms with E-state index in [2.05, 4.69) is 31.0 Å². The molecule has 0 aliphatic carbocycles. The van der Waals surface area contributed by atoms with E-state index in [4.69, 9.17) is 0 Å². The van der Waals surface area contributed by atoms with Gasteiger partial charge in [-0.2, -0.15) is 0 Å². The van der Waals surface area contributed by atoms with Gasteiger partial charge in [0.2, 0.25) is 10.0 Å². The Morgan fingerprint density at radius 3 is 2.85 bits per heavy atom. The number of nitrogens with one attached hydrogen (secondary N) is 1. The first-order valence-corrected chi connectivity index (χ1v) is 6.29. The van der Waals surface area contributed by atoms with Crippen LogP contribution in [0, 0.1) is 0 Å². The molecule has 1 heterocycles. The molecule has 0 radical (unpaired) electrons. The van der Waals surface area contributed by atoms with Gasteiger partial charge >= 0.3 is 0 Å². The van der Waals surface area contributed by atoms with Crippen molar-refractivity contribution in [3.05, 3.63) is 12.4 Å². The Labute approximate surface area is 84.5 Å². The molecule has 13 heavy (non-hydrogen) atoms. The van der Waals surface area contributed by atoms with Gasteiger partial charge in [-0.15, -0.1) is 5.10 Å². The summed E-state index contributed by atoms with van der Waals surface area (Å²) >= 11 is 2.86. The molecule has 1 aromatic heterocycles. The second-order valence-corrected chi connectivity index (χ2v) is 5.39. The van der Waals surface area contributed by atoms with Crippen LogP contribution < -0.4 is 4.72 Å². The predicted molar refractivity (Wildman–Crippen MR) is 50.7 cm³/mol. The van der Waals surface area contributed by atoms with Crippen molar-refractivity contribution in [3.8, 4) is 0 Å². The summed E-state index contributed by atoms with van der Waals surface area (Å²) in [5.74, 6) is 0. The summed E-state index contributed by atoms with van der Waals surface area (Å²) in [7, 11) is -3.17. The molecular weight excluding hydrogens is 260 g/mol. The minimum atomic E-state index is -3.17. The Bertz CT molecular complexity index is 335. The monoisotopic (exact) mass is 268 g/mol. The fraction of sp³-hybridized carbons (Fsp3) is 0.600. The molecule has 0 aliphatic rings. The van der Waals surface area contributed by atoms with Gasteiger partial charge in [-0.05, 0) is 0 Å². The van der Waals surface area contributed by atoms with Crippen molar-refractivity contribution < 1.29 is 8.42 Å². The standard InChI is InChI=1S/C5H9BrN4O2S/c6-5-13(11,12)8-2-4-10-3-1-7-9-10/h1,3,8H,2,4-5H2. The van der Waals surface area contributed by atoms with Crippen LogP contribution in [-0.2, 0) is 16.6 Å². The third-order valence-electron chi connectivity index (χ3n) is 1.28. The zero-order chi connectivity index (χ0) is 9.73. The summed E-state index contributed by atoms with van der Waals surface area (Å²) in [6.45, 7) is 0.795. The Morgan fingerprint density at radius 1 is 1.54 bits per heavy atom. The third-order valence-corrected chi connectivity index (χ3v) is 4.02. The number of aromatic nitrogens is 3. The zero-order valence-corrected chi connectivity index (χ0v) is 9.12. The molecule has 0 atom stereocenters. The second kappa shape index (κ2) is 4.68. The van der Waals surface area contributed by atoms with Gasteiger partial charge in [0, 0.05) is 12.7 Å². The zero-order valence-electron chi connectivity index (χ0n) is 6.72.